The molecule has 0 N–H and O–H groups in total. The van der Waals surface area contributed by atoms with E-state index in [0.29, 0.717) is 11.9 Å². The molecule has 0 radical (unpaired) electrons. The van der Waals surface area contributed by atoms with Gasteiger partial charge in [-0.15, -0.1) is 0 Å². The monoisotopic (exact) mass is 300 g/mol. The van der Waals surface area contributed by atoms with Gasteiger partial charge in [0.1, 0.15) is 5.82 Å². The number of amides is 1. The van der Waals surface area contributed by atoms with Crippen LogP contribution in [0, 0.1) is 5.92 Å². The molecule has 0 bridgehead atoms. The van der Waals surface area contributed by atoms with Crippen molar-refractivity contribution in [3.63, 3.8) is 0 Å². The van der Waals surface area contributed by atoms with Crippen LogP contribution in [0.5, 0.6) is 0 Å². The molecule has 0 aromatic carbocycles. The predicted molar refractivity (Wildman–Crippen MR) is 85.0 cm³/mol. The second-order valence-electron chi connectivity index (χ2n) is 6.29. The van der Waals surface area contributed by atoms with Crippen LogP contribution in [0.4, 0.5) is 0 Å². The Labute approximate surface area is 132 Å². The summed E-state index contributed by atoms with van der Waals surface area (Å²) in [6.45, 7) is 2.45. The molecule has 0 spiro atoms. The standard InChI is InChI=1S/C17H24N4O/c1-20(13-16-18-9-5-10-19-16)15-8-11-21(12-15)17(22)14-6-3-2-4-7-14/h2-3,5,9-10,14-15H,4,6-8,11-13H2,1H3/t14-,15+/m1/s1. The molecule has 2 aliphatic rings. The predicted octanol–water partition coefficient (Wildman–Crippen LogP) is 1.87. The molecule has 3 rings (SSSR count). The van der Waals surface area contributed by atoms with Gasteiger partial charge in [-0.1, -0.05) is 12.2 Å². The zero-order valence-electron chi connectivity index (χ0n) is 13.2. The molecule has 1 aromatic heterocycles. The van der Waals surface area contributed by atoms with E-state index in [1.165, 1.54) is 0 Å². The Morgan fingerprint density at radius 2 is 2.14 bits per heavy atom. The van der Waals surface area contributed by atoms with Crippen LogP contribution >= 0.6 is 0 Å². The average Bonchev–Trinajstić information content (AvgIpc) is 3.06. The van der Waals surface area contributed by atoms with Crippen molar-refractivity contribution >= 4 is 5.91 Å². The first kappa shape index (κ1) is 15.2. The molecule has 5 heteroatoms. The van der Waals surface area contributed by atoms with Crippen molar-refractivity contribution in [1.82, 2.24) is 19.8 Å². The second kappa shape index (κ2) is 7.01. The van der Waals surface area contributed by atoms with E-state index in [4.69, 9.17) is 0 Å². The lowest BCUT2D eigenvalue weighted by Crippen LogP contribution is -2.39. The highest BCUT2D eigenvalue weighted by atomic mass is 16.2. The Morgan fingerprint density at radius 1 is 1.32 bits per heavy atom. The molecule has 0 saturated carbocycles. The minimum absolute atomic E-state index is 0.200. The number of carbonyl (C=O) groups is 1. The minimum Gasteiger partial charge on any atom is -0.341 e. The Bertz CT molecular complexity index is 531. The molecular formula is C17H24N4O. The second-order valence-corrected chi connectivity index (χ2v) is 6.29. The van der Waals surface area contributed by atoms with E-state index in [2.05, 4.69) is 39.0 Å². The van der Waals surface area contributed by atoms with Crippen LogP contribution in [0.2, 0.25) is 0 Å². The summed E-state index contributed by atoms with van der Waals surface area (Å²) in [5, 5.41) is 0. The lowest BCUT2D eigenvalue weighted by atomic mass is 9.93. The zero-order valence-corrected chi connectivity index (χ0v) is 13.2. The Morgan fingerprint density at radius 3 is 2.86 bits per heavy atom. The Hall–Kier alpha value is -1.75. The number of carbonyl (C=O) groups excluding carboxylic acids is 1. The van der Waals surface area contributed by atoms with E-state index in [9.17, 15) is 4.79 Å². The maximum atomic E-state index is 12.6. The van der Waals surface area contributed by atoms with Crippen molar-refractivity contribution in [1.29, 1.82) is 0 Å². The molecule has 1 amide bonds. The molecule has 1 aliphatic carbocycles. The molecule has 1 fully saturated rings. The summed E-state index contributed by atoms with van der Waals surface area (Å²) in [6, 6.07) is 2.24. The summed E-state index contributed by atoms with van der Waals surface area (Å²) in [6.07, 6.45) is 11.9. The molecule has 1 saturated heterocycles. The van der Waals surface area contributed by atoms with Gasteiger partial charge < -0.3 is 4.90 Å². The van der Waals surface area contributed by atoms with Gasteiger partial charge in [-0.25, -0.2) is 9.97 Å². The summed E-state index contributed by atoms with van der Waals surface area (Å²) in [5.41, 5.74) is 0. The highest BCUT2D eigenvalue weighted by molar-refractivity contribution is 5.79. The van der Waals surface area contributed by atoms with E-state index < -0.39 is 0 Å². The lowest BCUT2D eigenvalue weighted by Gasteiger charge is -2.26. The zero-order chi connectivity index (χ0) is 15.4. The Kier molecular flexibility index (Phi) is 4.83. The normalized spacial score (nSPS) is 24.9. The molecule has 118 valence electrons. The van der Waals surface area contributed by atoms with Crippen molar-refractivity contribution in [3.05, 3.63) is 36.4 Å². The van der Waals surface area contributed by atoms with Crippen molar-refractivity contribution < 1.29 is 4.79 Å². The van der Waals surface area contributed by atoms with Gasteiger partial charge in [-0.2, -0.15) is 0 Å². The van der Waals surface area contributed by atoms with Crippen LogP contribution in [0.15, 0.2) is 30.6 Å². The maximum Gasteiger partial charge on any atom is 0.226 e. The minimum atomic E-state index is 0.200. The number of nitrogens with zero attached hydrogens (tertiary/aromatic N) is 4. The fourth-order valence-corrected chi connectivity index (χ4v) is 3.34. The first-order valence-electron chi connectivity index (χ1n) is 8.14. The lowest BCUT2D eigenvalue weighted by molar-refractivity contribution is -0.134. The topological polar surface area (TPSA) is 49.3 Å². The molecule has 22 heavy (non-hydrogen) atoms. The van der Waals surface area contributed by atoms with Gasteiger partial charge in [0.15, 0.2) is 0 Å². The van der Waals surface area contributed by atoms with Crippen LogP contribution < -0.4 is 0 Å². The Balaban J connectivity index is 1.53. The van der Waals surface area contributed by atoms with Gasteiger partial charge in [0.25, 0.3) is 0 Å². The molecular weight excluding hydrogens is 276 g/mol. The van der Waals surface area contributed by atoms with Crippen LogP contribution in [-0.4, -0.2) is 51.9 Å². The van der Waals surface area contributed by atoms with Gasteiger partial charge in [0.2, 0.25) is 5.91 Å². The molecule has 1 aromatic rings. The SMILES string of the molecule is CN(Cc1ncccn1)[C@H]1CCN(C(=O)[C@@H]2CC=CCC2)C1. The van der Waals surface area contributed by atoms with Crippen molar-refractivity contribution in [2.24, 2.45) is 5.92 Å². The first-order valence-corrected chi connectivity index (χ1v) is 8.14. The van der Waals surface area contributed by atoms with E-state index in [-0.39, 0.29) is 5.92 Å². The number of likely N-dealkylation sites (tertiary alicyclic amines) is 1. The summed E-state index contributed by atoms with van der Waals surface area (Å²) in [7, 11) is 2.10. The number of likely N-dealkylation sites (N-methyl/N-ethyl adjacent to an activating group) is 1. The maximum absolute atomic E-state index is 12.6. The number of hydrogen-bond donors (Lipinski definition) is 0. The highest BCUT2D eigenvalue weighted by Gasteiger charge is 2.32. The fourth-order valence-electron chi connectivity index (χ4n) is 3.34. The number of aromatic nitrogens is 2. The van der Waals surface area contributed by atoms with E-state index >= 15 is 0 Å². The van der Waals surface area contributed by atoms with Crippen molar-refractivity contribution in [3.8, 4) is 0 Å². The number of rotatable bonds is 4. The largest absolute Gasteiger partial charge is 0.341 e. The molecule has 0 unspecified atom stereocenters. The van der Waals surface area contributed by atoms with Gasteiger partial charge in [0, 0.05) is 37.4 Å². The molecule has 1 aliphatic heterocycles. The van der Waals surface area contributed by atoms with Gasteiger partial charge >= 0.3 is 0 Å². The smallest absolute Gasteiger partial charge is 0.226 e. The summed E-state index contributed by atoms with van der Waals surface area (Å²) < 4.78 is 0. The third-order valence-corrected chi connectivity index (χ3v) is 4.73. The van der Waals surface area contributed by atoms with Crippen LogP contribution in [0.3, 0.4) is 0 Å². The van der Waals surface area contributed by atoms with Crippen LogP contribution in [-0.2, 0) is 11.3 Å². The molecule has 2 heterocycles. The number of allylic oxidation sites excluding steroid dienone is 2. The van der Waals surface area contributed by atoms with Crippen molar-refractivity contribution in [2.75, 3.05) is 20.1 Å². The van der Waals surface area contributed by atoms with Gasteiger partial charge in [0.05, 0.1) is 6.54 Å². The third-order valence-electron chi connectivity index (χ3n) is 4.73. The summed E-state index contributed by atoms with van der Waals surface area (Å²) >= 11 is 0. The molecule has 5 nitrogen and oxygen atoms in total. The van der Waals surface area contributed by atoms with E-state index in [1.54, 1.807) is 12.4 Å². The fraction of sp³-hybridized carbons (Fsp3) is 0.588. The van der Waals surface area contributed by atoms with Crippen LogP contribution in [0.1, 0.15) is 31.5 Å². The molecule has 2 atom stereocenters. The summed E-state index contributed by atoms with van der Waals surface area (Å²) in [5.74, 6) is 1.38. The van der Waals surface area contributed by atoms with E-state index in [1.807, 2.05) is 6.07 Å². The average molecular weight is 300 g/mol. The van der Waals surface area contributed by atoms with Crippen LogP contribution in [0.25, 0.3) is 0 Å². The van der Waals surface area contributed by atoms with Gasteiger partial charge in [-0.05, 0) is 38.8 Å². The number of hydrogen-bond acceptors (Lipinski definition) is 4. The first-order chi connectivity index (χ1) is 10.7. The van der Waals surface area contributed by atoms with Crippen molar-refractivity contribution in [2.45, 2.75) is 38.3 Å². The summed E-state index contributed by atoms with van der Waals surface area (Å²) in [4.78, 5) is 25.4. The highest BCUT2D eigenvalue weighted by Crippen LogP contribution is 2.24. The third kappa shape index (κ3) is 3.53. The van der Waals surface area contributed by atoms with E-state index in [0.717, 1.165) is 51.1 Å². The van der Waals surface area contributed by atoms with Gasteiger partial charge in [-0.3, -0.25) is 9.69 Å². The quantitative estimate of drug-likeness (QED) is 0.797.